The van der Waals surface area contributed by atoms with Crippen molar-refractivity contribution in [2.75, 3.05) is 19.8 Å². The van der Waals surface area contributed by atoms with Crippen molar-refractivity contribution < 1.29 is 47.8 Å². The number of aliphatic hydroxyl groups excluding tert-OH is 1. The zero-order chi connectivity index (χ0) is 44.2. The molecular formula is C48H86NO10P. The lowest BCUT2D eigenvalue weighted by Gasteiger charge is -2.18. The maximum Gasteiger partial charge on any atom is 0.472 e. The van der Waals surface area contributed by atoms with Gasteiger partial charge in [0, 0.05) is 12.8 Å². The minimum absolute atomic E-state index is 0.130. The number of hydrogen-bond donors (Lipinski definition) is 4. The molecular weight excluding hydrogens is 781 g/mol. The second-order valence-corrected chi connectivity index (χ2v) is 17.4. The fourth-order valence-electron chi connectivity index (χ4n) is 6.38. The van der Waals surface area contributed by atoms with Gasteiger partial charge in [0.05, 0.1) is 13.2 Å². The first-order chi connectivity index (χ1) is 29.1. The number of nitrogens with one attached hydrogen (secondary N) is 1. The number of allylic oxidation sites excluding steroid dienone is 8. The Labute approximate surface area is 364 Å². The third kappa shape index (κ3) is 42.1. The summed E-state index contributed by atoms with van der Waals surface area (Å²) in [4.78, 5) is 46.0. The molecule has 12 heteroatoms. The van der Waals surface area contributed by atoms with Crippen LogP contribution in [0.5, 0.6) is 0 Å². The van der Waals surface area contributed by atoms with Gasteiger partial charge in [-0.25, -0.2) is 9.36 Å². The van der Waals surface area contributed by atoms with Gasteiger partial charge in [-0.3, -0.25) is 18.6 Å². The van der Waals surface area contributed by atoms with Crippen LogP contribution >= 0.6 is 7.82 Å². The molecule has 3 atom stereocenters. The molecule has 1 amide bonds. The van der Waals surface area contributed by atoms with Crippen LogP contribution in [0.25, 0.3) is 0 Å². The average Bonchev–Trinajstić information content (AvgIpc) is 3.22. The standard InChI is InChI=1S/C48H86NO10P/c1-3-5-7-9-11-13-15-17-19-21-22-24-25-27-29-31-33-35-37-39-46(51)49-45(48(53)54)43-59-60(55,56)58-42-44(50)41-57-47(52)40-38-36-34-32-30-28-26-23-20-18-16-14-12-10-8-6-4-2/h11,13,17-20,22,24,44-45,50H,3-10,12,14-16,21,23,25-43H2,1-2H3,(H,49,51)(H,53,54)(H,55,56)/b13-11-,19-17-,20-18-,24-22-. The Balaban J connectivity index is 3.90. The molecule has 0 heterocycles. The van der Waals surface area contributed by atoms with E-state index in [1.165, 1.54) is 89.9 Å². The highest BCUT2D eigenvalue weighted by molar-refractivity contribution is 7.47. The summed E-state index contributed by atoms with van der Waals surface area (Å²) in [5.74, 6) is -2.39. The lowest BCUT2D eigenvalue weighted by atomic mass is 10.1. The number of unbranched alkanes of at least 4 members (excludes halogenated alkanes) is 22. The number of aliphatic carboxylic acids is 1. The number of carbonyl (C=O) groups excluding carboxylic acids is 2. The van der Waals surface area contributed by atoms with Gasteiger partial charge in [-0.05, 0) is 77.0 Å². The van der Waals surface area contributed by atoms with Crippen LogP contribution in [0.15, 0.2) is 48.6 Å². The molecule has 0 rings (SSSR count). The van der Waals surface area contributed by atoms with E-state index in [-0.39, 0.29) is 12.8 Å². The highest BCUT2D eigenvalue weighted by Crippen LogP contribution is 2.43. The lowest BCUT2D eigenvalue weighted by molar-refractivity contribution is -0.147. The van der Waals surface area contributed by atoms with Crippen LogP contribution in [-0.4, -0.2) is 64.9 Å². The predicted molar refractivity (Wildman–Crippen MR) is 245 cm³/mol. The van der Waals surface area contributed by atoms with Gasteiger partial charge in [0.25, 0.3) is 0 Å². The number of esters is 1. The van der Waals surface area contributed by atoms with Crippen LogP contribution in [0.4, 0.5) is 0 Å². The summed E-state index contributed by atoms with van der Waals surface area (Å²) >= 11 is 0. The maximum absolute atomic E-state index is 12.3. The highest BCUT2D eigenvalue weighted by atomic mass is 31.2. The van der Waals surface area contributed by atoms with Crippen molar-refractivity contribution in [2.24, 2.45) is 0 Å². The molecule has 0 saturated heterocycles. The first-order valence-corrected chi connectivity index (χ1v) is 25.2. The Hall–Kier alpha value is -2.56. The van der Waals surface area contributed by atoms with Crippen molar-refractivity contribution >= 4 is 25.7 Å². The van der Waals surface area contributed by atoms with Gasteiger partial charge < -0.3 is 25.2 Å². The fraction of sp³-hybridized carbons (Fsp3) is 0.771. The summed E-state index contributed by atoms with van der Waals surface area (Å²) in [5.41, 5.74) is 0. The van der Waals surface area contributed by atoms with E-state index in [0.29, 0.717) is 12.8 Å². The molecule has 0 aliphatic carbocycles. The predicted octanol–water partition coefficient (Wildman–Crippen LogP) is 12.6. The van der Waals surface area contributed by atoms with Crippen molar-refractivity contribution in [3.63, 3.8) is 0 Å². The molecule has 0 bridgehead atoms. The topological polar surface area (TPSA) is 169 Å². The Morgan fingerprint density at radius 2 is 0.917 bits per heavy atom. The number of rotatable bonds is 44. The number of amides is 1. The van der Waals surface area contributed by atoms with Crippen molar-refractivity contribution in [2.45, 2.75) is 219 Å². The van der Waals surface area contributed by atoms with Crippen molar-refractivity contribution in [3.05, 3.63) is 48.6 Å². The molecule has 3 unspecified atom stereocenters. The molecule has 348 valence electrons. The van der Waals surface area contributed by atoms with Crippen molar-refractivity contribution in [1.82, 2.24) is 5.32 Å². The number of hydrogen-bond acceptors (Lipinski definition) is 8. The summed E-state index contributed by atoms with van der Waals surface area (Å²) in [6.07, 6.45) is 48.4. The molecule has 0 fully saturated rings. The van der Waals surface area contributed by atoms with Gasteiger partial charge in [-0.15, -0.1) is 0 Å². The molecule has 4 N–H and O–H groups in total. The van der Waals surface area contributed by atoms with Gasteiger partial charge in [0.15, 0.2) is 6.04 Å². The molecule has 0 radical (unpaired) electrons. The van der Waals surface area contributed by atoms with Crippen LogP contribution in [0.2, 0.25) is 0 Å². The summed E-state index contributed by atoms with van der Waals surface area (Å²) in [6, 6.07) is -1.56. The van der Waals surface area contributed by atoms with Crippen LogP contribution in [0, 0.1) is 0 Å². The SMILES string of the molecule is CCCCC/C=C\C/C=C\C/C=C\CCCCCCCCC(=O)NC(COP(=O)(O)OCC(O)COC(=O)CCCCCCCCC/C=C\CCCCCCCC)C(=O)O. The smallest absolute Gasteiger partial charge is 0.472 e. The van der Waals surface area contributed by atoms with Crippen molar-refractivity contribution in [3.8, 4) is 0 Å². The molecule has 0 aliphatic heterocycles. The molecule has 0 saturated carbocycles. The van der Waals surface area contributed by atoms with Gasteiger partial charge >= 0.3 is 19.8 Å². The third-order valence-corrected chi connectivity index (χ3v) is 11.0. The number of phosphoric acid groups is 1. The van der Waals surface area contributed by atoms with Crippen LogP contribution in [-0.2, 0) is 32.7 Å². The molecule has 60 heavy (non-hydrogen) atoms. The Morgan fingerprint density at radius 1 is 0.533 bits per heavy atom. The van der Waals surface area contributed by atoms with Crippen LogP contribution in [0.1, 0.15) is 206 Å². The number of aliphatic hydroxyl groups is 1. The minimum atomic E-state index is -4.76. The van der Waals surface area contributed by atoms with E-state index < -0.39 is 57.6 Å². The monoisotopic (exact) mass is 868 g/mol. The van der Waals surface area contributed by atoms with Crippen molar-refractivity contribution in [1.29, 1.82) is 0 Å². The van der Waals surface area contributed by atoms with E-state index >= 15 is 0 Å². The number of carbonyl (C=O) groups is 3. The quantitative estimate of drug-likeness (QED) is 0.0200. The Bertz CT molecular complexity index is 1200. The molecule has 11 nitrogen and oxygen atoms in total. The number of carboxylic acids is 1. The lowest BCUT2D eigenvalue weighted by Crippen LogP contribution is -2.43. The van der Waals surface area contributed by atoms with Gasteiger partial charge in [0.1, 0.15) is 12.7 Å². The average molecular weight is 868 g/mol. The van der Waals surface area contributed by atoms with Gasteiger partial charge in [-0.1, -0.05) is 165 Å². The molecule has 0 aromatic heterocycles. The number of phosphoric ester groups is 1. The Morgan fingerprint density at radius 3 is 1.42 bits per heavy atom. The number of ether oxygens (including phenoxy) is 1. The third-order valence-electron chi connectivity index (χ3n) is 10.1. The minimum Gasteiger partial charge on any atom is -0.480 e. The number of carboxylic acid groups (broad SMARTS) is 1. The summed E-state index contributed by atoms with van der Waals surface area (Å²) in [5, 5.41) is 21.9. The zero-order valence-corrected chi connectivity index (χ0v) is 38.6. The summed E-state index contributed by atoms with van der Waals surface area (Å²) < 4.78 is 26.9. The first kappa shape index (κ1) is 57.4. The summed E-state index contributed by atoms with van der Waals surface area (Å²) in [6.45, 7) is 2.56. The second kappa shape index (κ2) is 43.1. The highest BCUT2D eigenvalue weighted by Gasteiger charge is 2.28. The zero-order valence-electron chi connectivity index (χ0n) is 37.8. The largest absolute Gasteiger partial charge is 0.480 e. The van der Waals surface area contributed by atoms with E-state index in [2.05, 4.69) is 67.8 Å². The molecule has 0 aromatic carbocycles. The molecule has 0 aliphatic rings. The second-order valence-electron chi connectivity index (χ2n) is 15.9. The normalized spacial score (nSPS) is 14.1. The fourth-order valence-corrected chi connectivity index (χ4v) is 7.15. The van der Waals surface area contributed by atoms with E-state index in [1.54, 1.807) is 0 Å². The Kier molecular flexibility index (Phi) is 41.3. The van der Waals surface area contributed by atoms with Gasteiger partial charge in [-0.2, -0.15) is 0 Å². The first-order valence-electron chi connectivity index (χ1n) is 23.7. The van der Waals surface area contributed by atoms with Gasteiger partial charge in [0.2, 0.25) is 5.91 Å². The maximum atomic E-state index is 12.3. The van der Waals surface area contributed by atoms with Crippen LogP contribution in [0.3, 0.4) is 0 Å². The van der Waals surface area contributed by atoms with E-state index in [0.717, 1.165) is 77.0 Å². The van der Waals surface area contributed by atoms with Crippen LogP contribution < -0.4 is 5.32 Å². The molecule has 0 aromatic rings. The van der Waals surface area contributed by atoms with E-state index in [9.17, 15) is 34.1 Å². The van der Waals surface area contributed by atoms with E-state index in [4.69, 9.17) is 13.8 Å². The van der Waals surface area contributed by atoms with E-state index in [1.807, 2.05) is 0 Å². The summed E-state index contributed by atoms with van der Waals surface area (Å²) in [7, 11) is -4.76. The molecule has 0 spiro atoms.